The van der Waals surface area contributed by atoms with Crippen molar-refractivity contribution in [3.8, 4) is 0 Å². The van der Waals surface area contributed by atoms with Crippen molar-refractivity contribution in [2.24, 2.45) is 33.5 Å². The van der Waals surface area contributed by atoms with Gasteiger partial charge in [-0.25, -0.2) is 0 Å². The number of allylic oxidation sites excluding steroid dienone is 2. The van der Waals surface area contributed by atoms with Crippen LogP contribution in [0, 0.1) is 33.5 Å². The molecule has 2 heteroatoms. The van der Waals surface area contributed by atoms with Gasteiger partial charge in [0.1, 0.15) is 5.76 Å². The maximum absolute atomic E-state index is 13.1. The molecule has 2 aliphatic carbocycles. The lowest BCUT2D eigenvalue weighted by Crippen LogP contribution is -2.40. The fourth-order valence-corrected chi connectivity index (χ4v) is 4.81. The van der Waals surface area contributed by atoms with Gasteiger partial charge in [0.15, 0.2) is 5.78 Å². The van der Waals surface area contributed by atoms with E-state index >= 15 is 0 Å². The van der Waals surface area contributed by atoms with Gasteiger partial charge < -0.3 is 5.11 Å². The predicted octanol–water partition coefficient (Wildman–Crippen LogP) is 5.92. The summed E-state index contributed by atoms with van der Waals surface area (Å²) in [7, 11) is 0. The van der Waals surface area contributed by atoms with E-state index in [0.717, 1.165) is 25.7 Å². The molecule has 0 heterocycles. The second kappa shape index (κ2) is 5.36. The van der Waals surface area contributed by atoms with Crippen LogP contribution < -0.4 is 0 Å². The Balaban J connectivity index is 2.34. The average Bonchev–Trinajstić information content (AvgIpc) is 2.79. The van der Waals surface area contributed by atoms with E-state index in [2.05, 4.69) is 55.4 Å². The van der Waals surface area contributed by atoms with Crippen molar-refractivity contribution < 1.29 is 9.90 Å². The summed E-state index contributed by atoms with van der Waals surface area (Å²) >= 11 is 0. The minimum Gasteiger partial charge on any atom is -0.512 e. The first kappa shape index (κ1) is 18.5. The average molecular weight is 321 g/mol. The number of carbonyl (C=O) groups excluding carboxylic acids is 1. The van der Waals surface area contributed by atoms with Crippen LogP contribution in [0.5, 0.6) is 0 Å². The van der Waals surface area contributed by atoms with Crippen molar-refractivity contribution in [2.45, 2.75) is 81.1 Å². The van der Waals surface area contributed by atoms with Crippen LogP contribution in [0.15, 0.2) is 11.8 Å². The van der Waals surface area contributed by atoms with Crippen LogP contribution >= 0.6 is 0 Å². The predicted molar refractivity (Wildman–Crippen MR) is 96.3 cm³/mol. The molecule has 2 nitrogen and oxygen atoms in total. The number of aliphatic hydroxyl groups is 1. The first-order chi connectivity index (χ1) is 10.3. The van der Waals surface area contributed by atoms with Gasteiger partial charge in [0.25, 0.3) is 0 Å². The van der Waals surface area contributed by atoms with E-state index in [1.807, 2.05) is 0 Å². The van der Waals surface area contributed by atoms with Gasteiger partial charge in [-0.15, -0.1) is 0 Å². The zero-order chi connectivity index (χ0) is 17.8. The second-order valence-corrected chi connectivity index (χ2v) is 9.88. The molecular weight excluding hydrogens is 284 g/mol. The maximum atomic E-state index is 13.1. The molecule has 2 rings (SSSR count). The molecule has 0 aromatic heterocycles. The van der Waals surface area contributed by atoms with Gasteiger partial charge in [-0.3, -0.25) is 4.79 Å². The van der Waals surface area contributed by atoms with E-state index in [1.54, 1.807) is 6.08 Å². The molecule has 0 aliphatic heterocycles. The summed E-state index contributed by atoms with van der Waals surface area (Å²) in [6, 6.07) is 0. The number of hydrogen-bond acceptors (Lipinski definition) is 2. The Bertz CT molecular complexity index is 528. The lowest BCUT2D eigenvalue weighted by atomic mass is 9.62. The molecule has 4 atom stereocenters. The van der Waals surface area contributed by atoms with Crippen molar-refractivity contribution in [3.63, 3.8) is 0 Å². The Labute approximate surface area is 142 Å². The highest BCUT2D eigenvalue weighted by Gasteiger charge is 2.55. The Morgan fingerprint density at radius 2 is 1.26 bits per heavy atom. The summed E-state index contributed by atoms with van der Waals surface area (Å²) in [5.41, 5.74) is -0.689. The molecule has 0 bridgehead atoms. The standard InChI is InChI=1S/C21H36O2/c1-14-9-11-20(7,18(14,3)4)16(22)13-17(23)21(8)12-10-15(2)19(21,5)6/h13-15,22H,9-12H2,1-8H3/b16-13-/t14-,15-,20+,21-/m0/s1. The molecule has 0 aromatic rings. The molecule has 132 valence electrons. The van der Waals surface area contributed by atoms with Gasteiger partial charge in [-0.05, 0) is 48.3 Å². The van der Waals surface area contributed by atoms with E-state index in [-0.39, 0.29) is 27.4 Å². The molecule has 2 fully saturated rings. The van der Waals surface area contributed by atoms with Crippen LogP contribution in [0.3, 0.4) is 0 Å². The van der Waals surface area contributed by atoms with Crippen LogP contribution in [-0.4, -0.2) is 10.9 Å². The summed E-state index contributed by atoms with van der Waals surface area (Å²) in [4.78, 5) is 13.1. The van der Waals surface area contributed by atoms with Crippen LogP contribution in [0.1, 0.15) is 81.1 Å². The number of carbonyl (C=O) groups is 1. The third kappa shape index (κ3) is 2.39. The molecule has 0 unspecified atom stereocenters. The summed E-state index contributed by atoms with van der Waals surface area (Å²) in [5, 5.41) is 10.9. The Hall–Kier alpha value is -0.790. The number of rotatable bonds is 3. The third-order valence-electron chi connectivity index (χ3n) is 8.84. The first-order valence-electron chi connectivity index (χ1n) is 9.26. The van der Waals surface area contributed by atoms with Crippen molar-refractivity contribution >= 4 is 5.78 Å². The fourth-order valence-electron chi connectivity index (χ4n) is 4.81. The SMILES string of the molecule is C[C@H]1CC[C@@](C)(C(=O)/C=C(\O)[C@@]2(C)CC[C@H](C)C2(C)C)C1(C)C. The van der Waals surface area contributed by atoms with E-state index in [0.29, 0.717) is 17.6 Å². The molecule has 1 N–H and O–H groups in total. The smallest absolute Gasteiger partial charge is 0.165 e. The lowest BCUT2D eigenvalue weighted by molar-refractivity contribution is -0.128. The summed E-state index contributed by atoms with van der Waals surface area (Å²) < 4.78 is 0. The third-order valence-corrected chi connectivity index (χ3v) is 8.84. The quantitative estimate of drug-likeness (QED) is 0.517. The molecule has 23 heavy (non-hydrogen) atoms. The van der Waals surface area contributed by atoms with Gasteiger partial charge in [0.2, 0.25) is 0 Å². The normalized spacial score (nSPS) is 42.9. The van der Waals surface area contributed by atoms with E-state index in [9.17, 15) is 9.90 Å². The van der Waals surface area contributed by atoms with Gasteiger partial charge >= 0.3 is 0 Å². The van der Waals surface area contributed by atoms with E-state index in [4.69, 9.17) is 0 Å². The van der Waals surface area contributed by atoms with Crippen LogP contribution in [0.2, 0.25) is 0 Å². The molecular formula is C21H36O2. The highest BCUT2D eigenvalue weighted by Crippen LogP contribution is 2.60. The largest absolute Gasteiger partial charge is 0.512 e. The lowest BCUT2D eigenvalue weighted by Gasteiger charge is -2.42. The zero-order valence-electron chi connectivity index (χ0n) is 16.4. The monoisotopic (exact) mass is 320 g/mol. The van der Waals surface area contributed by atoms with Crippen molar-refractivity contribution in [1.29, 1.82) is 0 Å². The summed E-state index contributed by atoms with van der Waals surface area (Å²) in [6.45, 7) is 17.6. The number of ketones is 1. The van der Waals surface area contributed by atoms with E-state index in [1.165, 1.54) is 0 Å². The van der Waals surface area contributed by atoms with Gasteiger partial charge in [-0.1, -0.05) is 55.4 Å². The summed E-state index contributed by atoms with van der Waals surface area (Å²) in [5.74, 6) is 1.50. The minimum atomic E-state index is -0.370. The van der Waals surface area contributed by atoms with Crippen LogP contribution in [0.25, 0.3) is 0 Å². The molecule has 0 saturated heterocycles. The molecule has 0 amide bonds. The Morgan fingerprint density at radius 1 is 0.870 bits per heavy atom. The molecule has 0 spiro atoms. The summed E-state index contributed by atoms with van der Waals surface area (Å²) in [6.07, 6.45) is 5.65. The molecule has 0 aromatic carbocycles. The van der Waals surface area contributed by atoms with Gasteiger partial charge in [0.05, 0.1) is 0 Å². The van der Waals surface area contributed by atoms with Crippen molar-refractivity contribution in [3.05, 3.63) is 11.8 Å². The highest BCUT2D eigenvalue weighted by molar-refractivity contribution is 5.96. The van der Waals surface area contributed by atoms with E-state index < -0.39 is 0 Å². The number of aliphatic hydroxyl groups excluding tert-OH is 1. The first-order valence-corrected chi connectivity index (χ1v) is 9.26. The van der Waals surface area contributed by atoms with Crippen molar-refractivity contribution in [2.75, 3.05) is 0 Å². The highest BCUT2D eigenvalue weighted by atomic mass is 16.3. The molecule has 0 radical (unpaired) electrons. The van der Waals surface area contributed by atoms with Gasteiger partial charge in [0, 0.05) is 16.9 Å². The van der Waals surface area contributed by atoms with Crippen LogP contribution in [-0.2, 0) is 4.79 Å². The Kier molecular flexibility index (Phi) is 4.32. The minimum absolute atomic E-state index is 0.00720. The van der Waals surface area contributed by atoms with Crippen molar-refractivity contribution in [1.82, 2.24) is 0 Å². The van der Waals surface area contributed by atoms with Crippen LogP contribution in [0.4, 0.5) is 0 Å². The van der Waals surface area contributed by atoms with Gasteiger partial charge in [-0.2, -0.15) is 0 Å². The number of hydrogen-bond donors (Lipinski definition) is 1. The Morgan fingerprint density at radius 3 is 1.61 bits per heavy atom. The zero-order valence-corrected chi connectivity index (χ0v) is 16.4. The maximum Gasteiger partial charge on any atom is 0.165 e. The topological polar surface area (TPSA) is 37.3 Å². The fraction of sp³-hybridized carbons (Fsp3) is 0.857. The molecule has 2 saturated carbocycles. The molecule has 2 aliphatic rings. The second-order valence-electron chi connectivity index (χ2n) is 9.88.